The number of carbonyl (C=O) groups is 1. The van der Waals surface area contributed by atoms with Crippen molar-refractivity contribution in [3.63, 3.8) is 0 Å². The lowest BCUT2D eigenvalue weighted by Crippen LogP contribution is -2.34. The number of nitrogens with two attached hydrogens (primary N) is 1. The highest BCUT2D eigenvalue weighted by molar-refractivity contribution is 5.81. The summed E-state index contributed by atoms with van der Waals surface area (Å²) in [5, 5.41) is 12.7. The van der Waals surface area contributed by atoms with Crippen LogP contribution in [0, 0.1) is 0 Å². The number of rotatable bonds is 7. The Labute approximate surface area is 107 Å². The molecule has 1 aromatic rings. The zero-order chi connectivity index (χ0) is 13.5. The molecule has 18 heavy (non-hydrogen) atoms. The van der Waals surface area contributed by atoms with Crippen molar-refractivity contribution in [3.05, 3.63) is 23.8 Å². The summed E-state index contributed by atoms with van der Waals surface area (Å²) < 4.78 is 5.28. The summed E-state index contributed by atoms with van der Waals surface area (Å²) in [7, 11) is 0. The van der Waals surface area contributed by atoms with Crippen LogP contribution in [0.4, 0.5) is 0 Å². The van der Waals surface area contributed by atoms with Crippen LogP contribution < -0.4 is 15.8 Å². The predicted molar refractivity (Wildman–Crippen MR) is 69.5 cm³/mol. The Morgan fingerprint density at radius 1 is 1.50 bits per heavy atom. The average molecular weight is 252 g/mol. The van der Waals surface area contributed by atoms with Crippen molar-refractivity contribution in [2.45, 2.75) is 26.3 Å². The second-order valence-corrected chi connectivity index (χ2v) is 3.95. The Hall–Kier alpha value is -1.75. The van der Waals surface area contributed by atoms with Crippen LogP contribution in [-0.2, 0) is 4.79 Å². The van der Waals surface area contributed by atoms with Gasteiger partial charge in [0.1, 0.15) is 6.04 Å². The van der Waals surface area contributed by atoms with E-state index in [2.05, 4.69) is 5.32 Å². The molecular formula is C13H20N2O3. The number of aromatic hydroxyl groups is 1. The fourth-order valence-electron chi connectivity index (χ4n) is 1.65. The minimum Gasteiger partial charge on any atom is -0.504 e. The summed E-state index contributed by atoms with van der Waals surface area (Å²) in [6.45, 7) is 4.97. The molecule has 0 aliphatic rings. The van der Waals surface area contributed by atoms with Crippen molar-refractivity contribution in [1.82, 2.24) is 5.32 Å². The highest BCUT2D eigenvalue weighted by Gasteiger charge is 2.18. The van der Waals surface area contributed by atoms with Gasteiger partial charge in [-0.2, -0.15) is 0 Å². The summed E-state index contributed by atoms with van der Waals surface area (Å²) in [5.74, 6) is -0.0320. The van der Waals surface area contributed by atoms with E-state index in [1.807, 2.05) is 13.8 Å². The van der Waals surface area contributed by atoms with Gasteiger partial charge in [-0.1, -0.05) is 13.0 Å². The number of benzene rings is 1. The molecule has 1 unspecified atom stereocenters. The van der Waals surface area contributed by atoms with Crippen LogP contribution in [0.25, 0.3) is 0 Å². The van der Waals surface area contributed by atoms with E-state index in [1.165, 1.54) is 6.07 Å². The third-order valence-electron chi connectivity index (χ3n) is 2.50. The smallest absolute Gasteiger partial charge is 0.239 e. The standard InChI is InChI=1S/C13H20N2O3/c1-3-7-15-12(13(14)17)9-5-6-10(16)11(8-9)18-4-2/h5-6,8,12,15-16H,3-4,7H2,1-2H3,(H2,14,17). The molecule has 0 aliphatic carbocycles. The lowest BCUT2D eigenvalue weighted by atomic mass is 10.1. The molecule has 1 rings (SSSR count). The highest BCUT2D eigenvalue weighted by Crippen LogP contribution is 2.29. The van der Waals surface area contributed by atoms with Gasteiger partial charge in [0, 0.05) is 0 Å². The molecule has 0 saturated carbocycles. The molecule has 0 radical (unpaired) electrons. The maximum atomic E-state index is 11.4. The number of carbonyl (C=O) groups excluding carboxylic acids is 1. The van der Waals surface area contributed by atoms with E-state index in [0.717, 1.165) is 6.42 Å². The van der Waals surface area contributed by atoms with Gasteiger partial charge in [0.2, 0.25) is 5.91 Å². The molecule has 0 bridgehead atoms. The predicted octanol–water partition coefficient (Wildman–Crippen LogP) is 1.32. The van der Waals surface area contributed by atoms with Crippen LogP contribution >= 0.6 is 0 Å². The van der Waals surface area contributed by atoms with Gasteiger partial charge in [0.15, 0.2) is 11.5 Å². The SMILES string of the molecule is CCCNC(C(N)=O)c1ccc(O)c(OCC)c1. The first-order valence-corrected chi connectivity index (χ1v) is 6.08. The lowest BCUT2D eigenvalue weighted by Gasteiger charge is -2.16. The summed E-state index contributed by atoms with van der Waals surface area (Å²) >= 11 is 0. The van der Waals surface area contributed by atoms with E-state index in [0.29, 0.717) is 24.5 Å². The molecule has 1 aromatic carbocycles. The fourth-order valence-corrected chi connectivity index (χ4v) is 1.65. The number of nitrogens with one attached hydrogen (secondary N) is 1. The number of hydrogen-bond acceptors (Lipinski definition) is 4. The zero-order valence-electron chi connectivity index (χ0n) is 10.8. The Morgan fingerprint density at radius 2 is 2.22 bits per heavy atom. The maximum Gasteiger partial charge on any atom is 0.239 e. The quantitative estimate of drug-likeness (QED) is 0.683. The van der Waals surface area contributed by atoms with Gasteiger partial charge in [0.25, 0.3) is 0 Å². The van der Waals surface area contributed by atoms with Gasteiger partial charge >= 0.3 is 0 Å². The summed E-state index contributed by atoms with van der Waals surface area (Å²) in [6, 6.07) is 4.24. The molecule has 1 amide bonds. The molecule has 4 N–H and O–H groups in total. The van der Waals surface area contributed by atoms with Crippen LogP contribution in [-0.4, -0.2) is 24.2 Å². The van der Waals surface area contributed by atoms with Crippen molar-refractivity contribution in [2.75, 3.05) is 13.2 Å². The van der Waals surface area contributed by atoms with Crippen molar-refractivity contribution < 1.29 is 14.6 Å². The van der Waals surface area contributed by atoms with Crippen LogP contribution in [0.1, 0.15) is 31.9 Å². The van der Waals surface area contributed by atoms with Gasteiger partial charge in [0.05, 0.1) is 6.61 Å². The molecule has 5 heteroatoms. The number of phenolic OH excluding ortho intramolecular Hbond substituents is 1. The molecular weight excluding hydrogens is 232 g/mol. The Kier molecular flexibility index (Phi) is 5.45. The topological polar surface area (TPSA) is 84.6 Å². The molecule has 5 nitrogen and oxygen atoms in total. The normalized spacial score (nSPS) is 12.1. The van der Waals surface area contributed by atoms with Crippen LogP contribution in [0.5, 0.6) is 11.5 Å². The molecule has 100 valence electrons. The van der Waals surface area contributed by atoms with Crippen LogP contribution in [0.3, 0.4) is 0 Å². The number of amides is 1. The summed E-state index contributed by atoms with van der Waals surface area (Å²) in [4.78, 5) is 11.4. The number of ether oxygens (including phenoxy) is 1. The molecule has 0 fully saturated rings. The van der Waals surface area contributed by atoms with E-state index in [9.17, 15) is 9.90 Å². The van der Waals surface area contributed by atoms with E-state index in [1.54, 1.807) is 12.1 Å². The van der Waals surface area contributed by atoms with E-state index in [4.69, 9.17) is 10.5 Å². The first kappa shape index (κ1) is 14.3. The molecule has 0 saturated heterocycles. The Balaban J connectivity index is 2.97. The Morgan fingerprint density at radius 3 is 2.78 bits per heavy atom. The third kappa shape index (κ3) is 3.63. The minimum absolute atomic E-state index is 0.0549. The summed E-state index contributed by atoms with van der Waals surface area (Å²) in [5.41, 5.74) is 6.06. The molecule has 0 spiro atoms. The first-order valence-electron chi connectivity index (χ1n) is 6.08. The number of hydrogen-bond donors (Lipinski definition) is 3. The van der Waals surface area contributed by atoms with Gasteiger partial charge in [-0.05, 0) is 37.6 Å². The number of phenols is 1. The molecule has 0 aliphatic heterocycles. The fraction of sp³-hybridized carbons (Fsp3) is 0.462. The average Bonchev–Trinajstić information content (AvgIpc) is 2.33. The van der Waals surface area contributed by atoms with Crippen LogP contribution in [0.15, 0.2) is 18.2 Å². The Bertz CT molecular complexity index is 407. The van der Waals surface area contributed by atoms with Crippen molar-refractivity contribution in [3.8, 4) is 11.5 Å². The van der Waals surface area contributed by atoms with Gasteiger partial charge in [-0.3, -0.25) is 4.79 Å². The summed E-state index contributed by atoms with van der Waals surface area (Å²) in [6.07, 6.45) is 0.903. The maximum absolute atomic E-state index is 11.4. The zero-order valence-corrected chi connectivity index (χ0v) is 10.8. The van der Waals surface area contributed by atoms with Crippen molar-refractivity contribution in [1.29, 1.82) is 0 Å². The molecule has 0 heterocycles. The van der Waals surface area contributed by atoms with Gasteiger partial charge in [-0.25, -0.2) is 0 Å². The second kappa shape index (κ2) is 6.86. The van der Waals surface area contributed by atoms with Crippen LogP contribution in [0.2, 0.25) is 0 Å². The van der Waals surface area contributed by atoms with Crippen molar-refractivity contribution >= 4 is 5.91 Å². The molecule has 0 aromatic heterocycles. The third-order valence-corrected chi connectivity index (χ3v) is 2.50. The largest absolute Gasteiger partial charge is 0.504 e. The lowest BCUT2D eigenvalue weighted by molar-refractivity contribution is -0.120. The van der Waals surface area contributed by atoms with Gasteiger partial charge in [-0.15, -0.1) is 0 Å². The second-order valence-electron chi connectivity index (χ2n) is 3.95. The highest BCUT2D eigenvalue weighted by atomic mass is 16.5. The monoisotopic (exact) mass is 252 g/mol. The van der Waals surface area contributed by atoms with Crippen molar-refractivity contribution in [2.24, 2.45) is 5.73 Å². The van der Waals surface area contributed by atoms with E-state index < -0.39 is 11.9 Å². The number of primary amides is 1. The van der Waals surface area contributed by atoms with E-state index in [-0.39, 0.29) is 5.75 Å². The first-order chi connectivity index (χ1) is 8.60. The minimum atomic E-state index is -0.565. The molecule has 1 atom stereocenters. The van der Waals surface area contributed by atoms with E-state index >= 15 is 0 Å². The van der Waals surface area contributed by atoms with Gasteiger partial charge < -0.3 is 20.9 Å².